The van der Waals surface area contributed by atoms with Crippen LogP contribution in [0.1, 0.15) is 30.6 Å². The van der Waals surface area contributed by atoms with E-state index in [1.165, 1.54) is 0 Å². The van der Waals surface area contributed by atoms with Crippen molar-refractivity contribution >= 4 is 17.5 Å². The smallest absolute Gasteiger partial charge is 0.337 e. The zero-order chi connectivity index (χ0) is 15.3. The van der Waals surface area contributed by atoms with Gasteiger partial charge in [-0.15, -0.1) is 0 Å². The lowest BCUT2D eigenvalue weighted by atomic mass is 10.0. The van der Waals surface area contributed by atoms with Gasteiger partial charge in [-0.05, 0) is 12.3 Å². The summed E-state index contributed by atoms with van der Waals surface area (Å²) in [5.41, 5.74) is -0.682. The molecule has 1 unspecified atom stereocenters. The van der Waals surface area contributed by atoms with Gasteiger partial charge in [-0.25, -0.2) is 9.78 Å². The molecule has 0 saturated carbocycles. The van der Waals surface area contributed by atoms with Gasteiger partial charge in [0.15, 0.2) is 0 Å². The van der Waals surface area contributed by atoms with Gasteiger partial charge in [0.2, 0.25) is 5.82 Å². The van der Waals surface area contributed by atoms with E-state index in [-0.39, 0.29) is 29.9 Å². The minimum atomic E-state index is -1.28. The molecule has 0 aliphatic rings. The second kappa shape index (κ2) is 6.80. The van der Waals surface area contributed by atoms with Crippen molar-refractivity contribution in [2.24, 2.45) is 5.92 Å². The zero-order valence-electron chi connectivity index (χ0n) is 11.2. The molecular formula is C12H17N3O5. The number of anilines is 1. The van der Waals surface area contributed by atoms with Crippen molar-refractivity contribution in [1.29, 1.82) is 0 Å². The predicted octanol–water partition coefficient (Wildman–Crippen LogP) is 1.51. The number of nitrogens with one attached hydrogen (secondary N) is 1. The Morgan fingerprint density at radius 3 is 2.65 bits per heavy atom. The van der Waals surface area contributed by atoms with Gasteiger partial charge in [0, 0.05) is 12.3 Å². The summed E-state index contributed by atoms with van der Waals surface area (Å²) in [5.74, 6) is -1.04. The van der Waals surface area contributed by atoms with Crippen molar-refractivity contribution < 1.29 is 19.9 Å². The molecule has 0 saturated heterocycles. The lowest BCUT2D eigenvalue weighted by Crippen LogP contribution is -2.26. The second-order valence-corrected chi connectivity index (χ2v) is 4.81. The Morgan fingerprint density at radius 1 is 1.55 bits per heavy atom. The van der Waals surface area contributed by atoms with Crippen molar-refractivity contribution in [3.8, 4) is 0 Å². The maximum atomic E-state index is 11.0. The Bertz CT molecular complexity index is 504. The molecule has 1 atom stereocenters. The Morgan fingerprint density at radius 2 is 2.20 bits per heavy atom. The summed E-state index contributed by atoms with van der Waals surface area (Å²) in [6.07, 6.45) is 1.65. The lowest BCUT2D eigenvalue weighted by Gasteiger charge is -2.18. The van der Waals surface area contributed by atoms with Gasteiger partial charge in [0.1, 0.15) is 0 Å². The highest BCUT2D eigenvalue weighted by Gasteiger charge is 2.21. The van der Waals surface area contributed by atoms with Gasteiger partial charge in [-0.2, -0.15) is 0 Å². The molecule has 110 valence electrons. The van der Waals surface area contributed by atoms with Crippen LogP contribution in [0.5, 0.6) is 0 Å². The molecule has 20 heavy (non-hydrogen) atoms. The van der Waals surface area contributed by atoms with Crippen LogP contribution in [0.2, 0.25) is 0 Å². The van der Waals surface area contributed by atoms with Crippen molar-refractivity contribution in [3.63, 3.8) is 0 Å². The van der Waals surface area contributed by atoms with E-state index >= 15 is 0 Å². The zero-order valence-corrected chi connectivity index (χ0v) is 11.2. The van der Waals surface area contributed by atoms with E-state index in [2.05, 4.69) is 10.3 Å². The van der Waals surface area contributed by atoms with Gasteiger partial charge in [-0.3, -0.25) is 10.1 Å². The number of carboxylic acid groups (broad SMARTS) is 1. The first kappa shape index (κ1) is 15.8. The van der Waals surface area contributed by atoms with Crippen LogP contribution in [0.15, 0.2) is 12.3 Å². The Hall–Kier alpha value is -2.22. The van der Waals surface area contributed by atoms with Crippen LogP contribution in [0.25, 0.3) is 0 Å². The topological polar surface area (TPSA) is 126 Å². The molecule has 1 aromatic rings. The van der Waals surface area contributed by atoms with E-state index in [1.807, 2.05) is 13.8 Å². The van der Waals surface area contributed by atoms with Crippen LogP contribution in [0.3, 0.4) is 0 Å². The van der Waals surface area contributed by atoms with Crippen molar-refractivity contribution in [2.75, 3.05) is 11.9 Å². The monoisotopic (exact) mass is 283 g/mol. The number of aromatic carboxylic acids is 1. The summed E-state index contributed by atoms with van der Waals surface area (Å²) in [7, 11) is 0. The quantitative estimate of drug-likeness (QED) is 0.511. The Labute approximate surface area is 115 Å². The van der Waals surface area contributed by atoms with E-state index < -0.39 is 16.6 Å². The van der Waals surface area contributed by atoms with Crippen LogP contribution >= 0.6 is 0 Å². The SMILES string of the molecule is CC(C)CC(CO)Nc1ncc(C(=O)O)cc1[N+](=O)[O-]. The third-order valence-electron chi connectivity index (χ3n) is 2.63. The van der Waals surface area contributed by atoms with Gasteiger partial charge in [0.05, 0.1) is 23.1 Å². The lowest BCUT2D eigenvalue weighted by molar-refractivity contribution is -0.384. The molecule has 1 heterocycles. The first-order chi connectivity index (χ1) is 9.35. The molecule has 0 radical (unpaired) electrons. The van der Waals surface area contributed by atoms with Crippen molar-refractivity contribution in [1.82, 2.24) is 4.98 Å². The molecule has 0 bridgehead atoms. The van der Waals surface area contributed by atoms with Crippen LogP contribution in [0.4, 0.5) is 11.5 Å². The van der Waals surface area contributed by atoms with E-state index in [4.69, 9.17) is 5.11 Å². The van der Waals surface area contributed by atoms with Gasteiger partial charge >= 0.3 is 11.7 Å². The van der Waals surface area contributed by atoms with Crippen LogP contribution in [-0.2, 0) is 0 Å². The van der Waals surface area contributed by atoms with E-state index in [0.29, 0.717) is 6.42 Å². The first-order valence-corrected chi connectivity index (χ1v) is 6.10. The number of nitrogens with zero attached hydrogens (tertiary/aromatic N) is 2. The maximum absolute atomic E-state index is 11.0. The molecule has 8 heteroatoms. The molecule has 3 N–H and O–H groups in total. The van der Waals surface area contributed by atoms with E-state index in [0.717, 1.165) is 12.3 Å². The molecule has 8 nitrogen and oxygen atoms in total. The number of carboxylic acids is 1. The Balaban J connectivity index is 3.04. The summed E-state index contributed by atoms with van der Waals surface area (Å²) in [6, 6.07) is 0.568. The summed E-state index contributed by atoms with van der Waals surface area (Å²) >= 11 is 0. The molecule has 0 aliphatic carbocycles. The fraction of sp³-hybridized carbons (Fsp3) is 0.500. The number of aliphatic hydroxyl groups excluding tert-OH is 1. The number of nitro groups is 1. The highest BCUT2D eigenvalue weighted by Crippen LogP contribution is 2.24. The fourth-order valence-electron chi connectivity index (χ4n) is 1.76. The number of rotatable bonds is 7. The van der Waals surface area contributed by atoms with Gasteiger partial charge in [-0.1, -0.05) is 13.8 Å². The highest BCUT2D eigenvalue weighted by atomic mass is 16.6. The standard InChI is InChI=1S/C12H17N3O5/c1-7(2)3-9(6-16)14-11-10(15(19)20)4-8(5-13-11)12(17)18/h4-5,7,9,16H,3,6H2,1-2H3,(H,13,14)(H,17,18). The number of hydrogen-bond acceptors (Lipinski definition) is 6. The molecular weight excluding hydrogens is 266 g/mol. The number of aliphatic hydroxyl groups is 1. The van der Waals surface area contributed by atoms with Crippen molar-refractivity contribution in [3.05, 3.63) is 27.9 Å². The number of pyridine rings is 1. The number of hydrogen-bond donors (Lipinski definition) is 3. The first-order valence-electron chi connectivity index (χ1n) is 6.10. The maximum Gasteiger partial charge on any atom is 0.337 e. The molecule has 1 rings (SSSR count). The van der Waals surface area contributed by atoms with E-state index in [1.54, 1.807) is 0 Å². The molecule has 0 aromatic carbocycles. The summed E-state index contributed by atoms with van der Waals surface area (Å²) in [6.45, 7) is 3.72. The van der Waals surface area contributed by atoms with E-state index in [9.17, 15) is 20.0 Å². The number of carbonyl (C=O) groups is 1. The third kappa shape index (κ3) is 4.16. The normalized spacial score (nSPS) is 12.2. The van der Waals surface area contributed by atoms with Crippen LogP contribution < -0.4 is 5.32 Å². The average Bonchev–Trinajstić information content (AvgIpc) is 2.37. The van der Waals surface area contributed by atoms with Crippen LogP contribution in [-0.4, -0.2) is 38.7 Å². The predicted molar refractivity (Wildman–Crippen MR) is 71.8 cm³/mol. The highest BCUT2D eigenvalue weighted by molar-refractivity contribution is 5.88. The fourth-order valence-corrected chi connectivity index (χ4v) is 1.76. The third-order valence-corrected chi connectivity index (χ3v) is 2.63. The Kier molecular flexibility index (Phi) is 5.39. The molecule has 0 fully saturated rings. The molecule has 0 amide bonds. The number of aromatic nitrogens is 1. The summed E-state index contributed by atoms with van der Waals surface area (Å²) in [5, 5.41) is 31.8. The largest absolute Gasteiger partial charge is 0.478 e. The summed E-state index contributed by atoms with van der Waals surface area (Å²) < 4.78 is 0. The second-order valence-electron chi connectivity index (χ2n) is 4.81. The minimum Gasteiger partial charge on any atom is -0.478 e. The van der Waals surface area contributed by atoms with Crippen LogP contribution in [0, 0.1) is 16.0 Å². The van der Waals surface area contributed by atoms with Gasteiger partial charge < -0.3 is 15.5 Å². The van der Waals surface area contributed by atoms with Gasteiger partial charge in [0.25, 0.3) is 0 Å². The molecule has 0 spiro atoms. The summed E-state index contributed by atoms with van der Waals surface area (Å²) in [4.78, 5) is 24.8. The minimum absolute atomic E-state index is 0.0419. The van der Waals surface area contributed by atoms with Crippen molar-refractivity contribution in [2.45, 2.75) is 26.3 Å². The molecule has 1 aromatic heterocycles. The molecule has 0 aliphatic heterocycles. The average molecular weight is 283 g/mol.